The Morgan fingerprint density at radius 3 is 2.76 bits per heavy atom. The molecule has 0 radical (unpaired) electrons. The Morgan fingerprint density at radius 1 is 1.47 bits per heavy atom. The number of amides is 1. The predicted octanol–water partition coefficient (Wildman–Crippen LogP) is 2.24. The minimum absolute atomic E-state index is 0.0523. The van der Waals surface area contributed by atoms with Gasteiger partial charge in [-0.2, -0.15) is 11.8 Å². The Morgan fingerprint density at radius 2 is 2.18 bits per heavy atom. The Kier molecular flexibility index (Phi) is 5.35. The Bertz CT molecular complexity index is 381. The van der Waals surface area contributed by atoms with Crippen molar-refractivity contribution in [1.82, 2.24) is 5.32 Å². The van der Waals surface area contributed by atoms with Gasteiger partial charge in [0.1, 0.15) is 0 Å². The first kappa shape index (κ1) is 13.9. The highest BCUT2D eigenvalue weighted by Gasteiger charge is 2.15. The molecule has 94 valence electrons. The van der Waals surface area contributed by atoms with Crippen LogP contribution in [0.1, 0.15) is 25.3 Å². The summed E-state index contributed by atoms with van der Waals surface area (Å²) < 4.78 is 0. The molecule has 2 unspecified atom stereocenters. The van der Waals surface area contributed by atoms with Gasteiger partial charge in [-0.25, -0.2) is 0 Å². The zero-order valence-corrected chi connectivity index (χ0v) is 11.4. The molecule has 0 bridgehead atoms. The molecule has 1 rings (SSSR count). The minimum atomic E-state index is -0.160. The molecule has 2 atom stereocenters. The van der Waals surface area contributed by atoms with Crippen LogP contribution in [0.15, 0.2) is 24.3 Å². The van der Waals surface area contributed by atoms with Gasteiger partial charge in [-0.1, -0.05) is 19.1 Å². The van der Waals surface area contributed by atoms with Crippen molar-refractivity contribution in [3.8, 4) is 0 Å². The minimum Gasteiger partial charge on any atom is -0.399 e. The fourth-order valence-electron chi connectivity index (χ4n) is 1.46. The maximum atomic E-state index is 11.9. The highest BCUT2D eigenvalue weighted by molar-refractivity contribution is 7.99. The van der Waals surface area contributed by atoms with Crippen molar-refractivity contribution < 1.29 is 4.79 Å². The summed E-state index contributed by atoms with van der Waals surface area (Å²) >= 11 is 1.74. The van der Waals surface area contributed by atoms with Crippen LogP contribution in [0.5, 0.6) is 0 Å². The van der Waals surface area contributed by atoms with Gasteiger partial charge in [0.25, 0.3) is 0 Å². The zero-order valence-electron chi connectivity index (χ0n) is 10.6. The van der Waals surface area contributed by atoms with Gasteiger partial charge in [0, 0.05) is 17.5 Å². The topological polar surface area (TPSA) is 55.1 Å². The molecule has 0 aromatic heterocycles. The number of carbonyl (C=O) groups is 1. The first-order valence-electron chi connectivity index (χ1n) is 5.70. The SMILES string of the molecule is CSC(C)CNC(=O)C(C)c1cccc(N)c1. The van der Waals surface area contributed by atoms with Gasteiger partial charge in [-0.05, 0) is 30.9 Å². The van der Waals surface area contributed by atoms with Crippen molar-refractivity contribution >= 4 is 23.4 Å². The molecule has 3 N–H and O–H groups in total. The maximum Gasteiger partial charge on any atom is 0.227 e. The number of rotatable bonds is 5. The number of hydrogen-bond acceptors (Lipinski definition) is 3. The third-order valence-corrected chi connectivity index (χ3v) is 3.74. The van der Waals surface area contributed by atoms with Crippen molar-refractivity contribution in [2.24, 2.45) is 0 Å². The van der Waals surface area contributed by atoms with E-state index >= 15 is 0 Å². The molecule has 1 aromatic rings. The molecule has 0 aliphatic carbocycles. The summed E-state index contributed by atoms with van der Waals surface area (Å²) in [6.45, 7) is 4.69. The normalized spacial score (nSPS) is 14.1. The van der Waals surface area contributed by atoms with Crippen LogP contribution in [0.2, 0.25) is 0 Å². The van der Waals surface area contributed by atoms with E-state index in [0.717, 1.165) is 5.56 Å². The molecular formula is C13H20N2OS. The number of benzene rings is 1. The number of anilines is 1. The standard InChI is InChI=1S/C13H20N2OS/c1-9(17-3)8-15-13(16)10(2)11-5-4-6-12(14)7-11/h4-7,9-10H,8,14H2,1-3H3,(H,15,16). The summed E-state index contributed by atoms with van der Waals surface area (Å²) in [6.07, 6.45) is 2.04. The van der Waals surface area contributed by atoms with Crippen LogP contribution >= 0.6 is 11.8 Å². The van der Waals surface area contributed by atoms with Crippen molar-refractivity contribution in [2.45, 2.75) is 25.0 Å². The molecule has 4 heteroatoms. The quantitative estimate of drug-likeness (QED) is 0.790. The maximum absolute atomic E-state index is 11.9. The average Bonchev–Trinajstić information content (AvgIpc) is 2.34. The summed E-state index contributed by atoms with van der Waals surface area (Å²) in [5, 5.41) is 3.39. The monoisotopic (exact) mass is 252 g/mol. The van der Waals surface area contributed by atoms with Gasteiger partial charge < -0.3 is 11.1 Å². The molecule has 0 aliphatic rings. The van der Waals surface area contributed by atoms with Gasteiger partial charge in [-0.15, -0.1) is 0 Å². The summed E-state index contributed by atoms with van der Waals surface area (Å²) in [7, 11) is 0. The second-order valence-corrected chi connectivity index (χ2v) is 5.46. The van der Waals surface area contributed by atoms with Crippen LogP contribution in [0.4, 0.5) is 5.69 Å². The van der Waals surface area contributed by atoms with Crippen LogP contribution in [-0.2, 0) is 4.79 Å². The Labute approximate surface area is 107 Å². The van der Waals surface area contributed by atoms with E-state index in [9.17, 15) is 4.79 Å². The van der Waals surface area contributed by atoms with Crippen molar-refractivity contribution in [2.75, 3.05) is 18.5 Å². The molecular weight excluding hydrogens is 232 g/mol. The van der Waals surface area contributed by atoms with E-state index in [1.54, 1.807) is 11.8 Å². The van der Waals surface area contributed by atoms with Gasteiger partial charge in [0.05, 0.1) is 5.92 Å². The second-order valence-electron chi connectivity index (χ2n) is 4.18. The number of nitrogens with one attached hydrogen (secondary N) is 1. The van der Waals surface area contributed by atoms with Crippen LogP contribution in [-0.4, -0.2) is 24.0 Å². The van der Waals surface area contributed by atoms with Gasteiger partial charge in [-0.3, -0.25) is 4.79 Å². The highest BCUT2D eigenvalue weighted by atomic mass is 32.2. The van der Waals surface area contributed by atoms with E-state index in [1.807, 2.05) is 37.4 Å². The molecule has 1 aromatic carbocycles. The number of thioether (sulfide) groups is 1. The highest BCUT2D eigenvalue weighted by Crippen LogP contribution is 2.17. The molecule has 0 saturated heterocycles. The lowest BCUT2D eigenvalue weighted by atomic mass is 10.00. The van der Waals surface area contributed by atoms with E-state index in [-0.39, 0.29) is 11.8 Å². The van der Waals surface area contributed by atoms with Gasteiger partial charge in [0.15, 0.2) is 0 Å². The average molecular weight is 252 g/mol. The fourth-order valence-corrected chi connectivity index (χ4v) is 1.71. The lowest BCUT2D eigenvalue weighted by Gasteiger charge is -2.15. The van der Waals surface area contributed by atoms with E-state index < -0.39 is 0 Å². The second kappa shape index (κ2) is 6.55. The number of nitrogens with two attached hydrogens (primary N) is 1. The van der Waals surface area contributed by atoms with E-state index in [4.69, 9.17) is 5.73 Å². The van der Waals surface area contributed by atoms with Crippen LogP contribution in [0.25, 0.3) is 0 Å². The molecule has 0 spiro atoms. The largest absolute Gasteiger partial charge is 0.399 e. The third-order valence-electron chi connectivity index (χ3n) is 2.77. The lowest BCUT2D eigenvalue weighted by Crippen LogP contribution is -2.32. The lowest BCUT2D eigenvalue weighted by molar-refractivity contribution is -0.122. The van der Waals surface area contributed by atoms with E-state index in [0.29, 0.717) is 17.5 Å². The zero-order chi connectivity index (χ0) is 12.8. The number of hydrogen-bond donors (Lipinski definition) is 2. The van der Waals surface area contributed by atoms with Crippen molar-refractivity contribution in [1.29, 1.82) is 0 Å². The molecule has 0 heterocycles. The Balaban J connectivity index is 2.57. The van der Waals surface area contributed by atoms with E-state index in [1.165, 1.54) is 0 Å². The van der Waals surface area contributed by atoms with Gasteiger partial charge >= 0.3 is 0 Å². The summed E-state index contributed by atoms with van der Waals surface area (Å²) in [5.74, 6) is -0.107. The van der Waals surface area contributed by atoms with Crippen molar-refractivity contribution in [3.05, 3.63) is 29.8 Å². The molecule has 0 saturated carbocycles. The molecule has 1 amide bonds. The van der Waals surface area contributed by atoms with Crippen LogP contribution in [0.3, 0.4) is 0 Å². The Hall–Kier alpha value is -1.16. The smallest absolute Gasteiger partial charge is 0.227 e. The predicted molar refractivity (Wildman–Crippen MR) is 75.3 cm³/mol. The van der Waals surface area contributed by atoms with Gasteiger partial charge in [0.2, 0.25) is 5.91 Å². The van der Waals surface area contributed by atoms with Crippen molar-refractivity contribution in [3.63, 3.8) is 0 Å². The molecule has 0 aliphatic heterocycles. The van der Waals surface area contributed by atoms with E-state index in [2.05, 4.69) is 12.2 Å². The first-order chi connectivity index (χ1) is 8.04. The first-order valence-corrected chi connectivity index (χ1v) is 6.99. The third kappa shape index (κ3) is 4.30. The number of nitrogen functional groups attached to an aromatic ring is 1. The molecule has 17 heavy (non-hydrogen) atoms. The molecule has 3 nitrogen and oxygen atoms in total. The fraction of sp³-hybridized carbons (Fsp3) is 0.462. The molecule has 0 fully saturated rings. The summed E-state index contributed by atoms with van der Waals surface area (Å²) in [6, 6.07) is 7.48. The summed E-state index contributed by atoms with van der Waals surface area (Å²) in [4.78, 5) is 11.9. The van der Waals surface area contributed by atoms with Crippen LogP contribution in [0, 0.1) is 0 Å². The number of carbonyl (C=O) groups excluding carboxylic acids is 1. The van der Waals surface area contributed by atoms with Crippen LogP contribution < -0.4 is 11.1 Å². The summed E-state index contributed by atoms with van der Waals surface area (Å²) in [5.41, 5.74) is 7.36.